The molecular weight excluding hydrogens is 438 g/mol. The monoisotopic (exact) mass is 461 g/mol. The number of hydrogen-bond donors (Lipinski definition) is 1. The Hall–Kier alpha value is -3.78. The first-order valence-corrected chi connectivity index (χ1v) is 11.3. The van der Waals surface area contributed by atoms with Gasteiger partial charge in [0, 0.05) is 24.4 Å². The van der Waals surface area contributed by atoms with Crippen LogP contribution in [0.1, 0.15) is 32.9 Å². The summed E-state index contributed by atoms with van der Waals surface area (Å²) in [6.07, 6.45) is 0.0966. The van der Waals surface area contributed by atoms with Crippen molar-refractivity contribution in [2.75, 3.05) is 5.32 Å². The lowest BCUT2D eigenvalue weighted by Crippen LogP contribution is -2.23. The van der Waals surface area contributed by atoms with Crippen molar-refractivity contribution in [2.24, 2.45) is 0 Å². The van der Waals surface area contributed by atoms with Gasteiger partial charge in [-0.05, 0) is 31.0 Å². The number of aromatic nitrogens is 2. The van der Waals surface area contributed by atoms with Gasteiger partial charge in [0.25, 0.3) is 5.56 Å². The van der Waals surface area contributed by atoms with Gasteiger partial charge < -0.3 is 14.6 Å². The Labute approximate surface area is 194 Å². The zero-order valence-corrected chi connectivity index (χ0v) is 19.1. The fraction of sp³-hybridized carbons (Fsp3) is 0.200. The number of ether oxygens (including phenoxy) is 1. The molecule has 4 aromatic rings. The van der Waals surface area contributed by atoms with E-state index in [2.05, 4.69) is 10.3 Å². The Bertz CT molecular complexity index is 1380. The number of nitrogens with zero attached hydrogens (tertiary/aromatic N) is 2. The first kappa shape index (κ1) is 22.4. The molecule has 0 bridgehead atoms. The molecule has 0 fully saturated rings. The molecule has 1 amide bonds. The fourth-order valence-corrected chi connectivity index (χ4v) is 4.43. The zero-order chi connectivity index (χ0) is 23.4. The summed E-state index contributed by atoms with van der Waals surface area (Å²) >= 11 is 1.07. The van der Waals surface area contributed by atoms with Gasteiger partial charge in [-0.3, -0.25) is 9.59 Å². The summed E-state index contributed by atoms with van der Waals surface area (Å²) < 4.78 is 6.96. The van der Waals surface area contributed by atoms with Gasteiger partial charge in [-0.2, -0.15) is 0 Å². The van der Waals surface area contributed by atoms with Crippen LogP contribution in [0.4, 0.5) is 5.13 Å². The van der Waals surface area contributed by atoms with Gasteiger partial charge in [-0.15, -0.1) is 0 Å². The van der Waals surface area contributed by atoms with Crippen molar-refractivity contribution in [3.8, 4) is 0 Å². The van der Waals surface area contributed by atoms with Gasteiger partial charge in [0.2, 0.25) is 5.91 Å². The number of esters is 1. The number of nitrogens with one attached hydrogen (secondary N) is 1. The predicted octanol–water partition coefficient (Wildman–Crippen LogP) is 4.46. The van der Waals surface area contributed by atoms with Crippen LogP contribution in [0.3, 0.4) is 0 Å². The molecule has 0 atom stereocenters. The van der Waals surface area contributed by atoms with Crippen molar-refractivity contribution in [3.05, 3.63) is 92.7 Å². The number of pyridine rings is 1. The number of carbonyl (C=O) groups excluding carboxylic acids is 2. The molecule has 2 aromatic heterocycles. The van der Waals surface area contributed by atoms with E-state index in [1.54, 1.807) is 17.6 Å². The van der Waals surface area contributed by atoms with Crippen molar-refractivity contribution in [1.82, 2.24) is 9.55 Å². The second-order valence-corrected chi connectivity index (χ2v) is 8.63. The highest BCUT2D eigenvalue weighted by atomic mass is 32.1. The van der Waals surface area contributed by atoms with E-state index in [1.165, 1.54) is 0 Å². The zero-order valence-electron chi connectivity index (χ0n) is 18.3. The molecule has 0 aliphatic heterocycles. The van der Waals surface area contributed by atoms with Crippen LogP contribution in [0.15, 0.2) is 65.5 Å². The lowest BCUT2D eigenvalue weighted by Gasteiger charge is -2.11. The highest BCUT2D eigenvalue weighted by Crippen LogP contribution is 2.24. The Balaban J connectivity index is 1.39. The van der Waals surface area contributed by atoms with Crippen molar-refractivity contribution < 1.29 is 14.3 Å². The van der Waals surface area contributed by atoms with E-state index in [0.717, 1.165) is 33.4 Å². The lowest BCUT2D eigenvalue weighted by molar-refractivity contribution is -0.116. The number of rotatable bonds is 7. The third-order valence-corrected chi connectivity index (χ3v) is 6.28. The van der Waals surface area contributed by atoms with Gasteiger partial charge in [-0.1, -0.05) is 59.9 Å². The molecule has 4 rings (SSSR count). The summed E-state index contributed by atoms with van der Waals surface area (Å²) in [5.74, 6) is -0.767. The van der Waals surface area contributed by atoms with Crippen LogP contribution >= 0.6 is 11.3 Å². The van der Waals surface area contributed by atoms with Crippen molar-refractivity contribution in [1.29, 1.82) is 0 Å². The molecule has 2 heterocycles. The first-order valence-electron chi connectivity index (χ1n) is 10.5. The molecule has 0 unspecified atom stereocenters. The average Bonchev–Trinajstić information content (AvgIpc) is 3.17. The highest BCUT2D eigenvalue weighted by Gasteiger charge is 2.18. The van der Waals surface area contributed by atoms with E-state index >= 15 is 0 Å². The molecule has 0 aliphatic rings. The summed E-state index contributed by atoms with van der Waals surface area (Å²) in [6.45, 7) is 4.00. The second kappa shape index (κ2) is 9.79. The highest BCUT2D eigenvalue weighted by molar-refractivity contribution is 7.17. The van der Waals surface area contributed by atoms with Gasteiger partial charge >= 0.3 is 5.97 Å². The van der Waals surface area contributed by atoms with Crippen LogP contribution in [-0.4, -0.2) is 21.4 Å². The number of thiazole rings is 1. The van der Waals surface area contributed by atoms with Gasteiger partial charge in [0.05, 0.1) is 11.2 Å². The molecule has 33 heavy (non-hydrogen) atoms. The number of aryl methyl sites for hydroxylation is 3. The van der Waals surface area contributed by atoms with E-state index in [0.29, 0.717) is 15.7 Å². The summed E-state index contributed by atoms with van der Waals surface area (Å²) in [4.78, 5) is 42.1. The van der Waals surface area contributed by atoms with Crippen LogP contribution in [0.5, 0.6) is 0 Å². The first-order chi connectivity index (χ1) is 15.9. The number of benzene rings is 2. The minimum Gasteiger partial charge on any atom is -0.457 e. The minimum absolute atomic E-state index is 0.0966. The molecule has 0 saturated carbocycles. The SMILES string of the molecule is Cc1nc(NC(=O)CCn2c(=O)cc(C)c3ccccc32)sc1C(=O)OCc1ccccc1. The van der Waals surface area contributed by atoms with Gasteiger partial charge in [-0.25, -0.2) is 9.78 Å². The van der Waals surface area contributed by atoms with Crippen molar-refractivity contribution in [2.45, 2.75) is 33.4 Å². The molecule has 168 valence electrons. The molecule has 2 aromatic carbocycles. The summed E-state index contributed by atoms with van der Waals surface area (Å²) in [6, 6.07) is 18.6. The van der Waals surface area contributed by atoms with E-state index in [9.17, 15) is 14.4 Å². The quantitative estimate of drug-likeness (QED) is 0.411. The maximum Gasteiger partial charge on any atom is 0.350 e. The summed E-state index contributed by atoms with van der Waals surface area (Å²) in [7, 11) is 0. The molecule has 0 radical (unpaired) electrons. The van der Waals surface area contributed by atoms with Gasteiger partial charge in [0.1, 0.15) is 11.5 Å². The van der Waals surface area contributed by atoms with Crippen LogP contribution in [0, 0.1) is 13.8 Å². The van der Waals surface area contributed by atoms with E-state index < -0.39 is 5.97 Å². The van der Waals surface area contributed by atoms with E-state index in [-0.39, 0.29) is 31.0 Å². The standard InChI is InChI=1S/C25H23N3O4S/c1-16-14-22(30)28(20-11-7-6-10-19(16)20)13-12-21(29)27-25-26-17(2)23(33-25)24(31)32-15-18-8-4-3-5-9-18/h3-11,14H,12-13,15H2,1-2H3,(H,26,27,29). The normalized spacial score (nSPS) is 10.8. The maximum atomic E-state index is 12.5. The second-order valence-electron chi connectivity index (χ2n) is 7.63. The summed E-state index contributed by atoms with van der Waals surface area (Å²) in [5, 5.41) is 4.03. The van der Waals surface area contributed by atoms with E-state index in [1.807, 2.05) is 61.5 Å². The van der Waals surface area contributed by atoms with Crippen LogP contribution in [0.25, 0.3) is 10.9 Å². The Kier molecular flexibility index (Phi) is 6.65. The van der Waals surface area contributed by atoms with Crippen LogP contribution < -0.4 is 10.9 Å². The third-order valence-electron chi connectivity index (χ3n) is 5.23. The number of para-hydroxylation sites is 1. The number of fused-ring (bicyclic) bond motifs is 1. The maximum absolute atomic E-state index is 12.5. The molecule has 7 nitrogen and oxygen atoms in total. The molecule has 1 N–H and O–H groups in total. The topological polar surface area (TPSA) is 90.3 Å². The average molecular weight is 462 g/mol. The Morgan fingerprint density at radius 2 is 1.79 bits per heavy atom. The van der Waals surface area contributed by atoms with Gasteiger partial charge in [0.15, 0.2) is 5.13 Å². The Morgan fingerprint density at radius 3 is 2.58 bits per heavy atom. The van der Waals surface area contributed by atoms with Crippen molar-refractivity contribution >= 4 is 39.2 Å². The third kappa shape index (κ3) is 5.18. The molecule has 0 aliphatic carbocycles. The largest absolute Gasteiger partial charge is 0.457 e. The fourth-order valence-electron chi connectivity index (χ4n) is 3.56. The molecule has 8 heteroatoms. The minimum atomic E-state index is -0.480. The predicted molar refractivity (Wildman–Crippen MR) is 129 cm³/mol. The lowest BCUT2D eigenvalue weighted by atomic mass is 10.1. The number of anilines is 1. The van der Waals surface area contributed by atoms with E-state index in [4.69, 9.17) is 4.74 Å². The molecular formula is C25H23N3O4S. The Morgan fingerprint density at radius 1 is 1.06 bits per heavy atom. The number of carbonyl (C=O) groups is 2. The summed E-state index contributed by atoms with van der Waals surface area (Å²) in [5.41, 5.74) is 2.94. The van der Waals surface area contributed by atoms with Crippen LogP contribution in [0.2, 0.25) is 0 Å². The van der Waals surface area contributed by atoms with Crippen LogP contribution in [-0.2, 0) is 22.7 Å². The number of hydrogen-bond acceptors (Lipinski definition) is 6. The molecule has 0 spiro atoms. The smallest absolute Gasteiger partial charge is 0.350 e. The molecule has 0 saturated heterocycles. The number of amides is 1. The van der Waals surface area contributed by atoms with Crippen molar-refractivity contribution in [3.63, 3.8) is 0 Å².